The van der Waals surface area contributed by atoms with Crippen molar-refractivity contribution in [3.8, 4) is 16.9 Å². The van der Waals surface area contributed by atoms with Crippen LogP contribution in [-0.4, -0.2) is 61.7 Å². The summed E-state index contributed by atoms with van der Waals surface area (Å²) in [7, 11) is 1.61. The Kier molecular flexibility index (Phi) is 5.60. The molecular weight excluding hydrogens is 434 g/mol. The fourth-order valence-corrected chi connectivity index (χ4v) is 5.08. The van der Waals surface area contributed by atoms with Crippen molar-refractivity contribution in [1.82, 2.24) is 29.0 Å². The van der Waals surface area contributed by atoms with Crippen molar-refractivity contribution in [2.45, 2.75) is 38.6 Å². The van der Waals surface area contributed by atoms with Gasteiger partial charge < -0.3 is 15.5 Å². The summed E-state index contributed by atoms with van der Waals surface area (Å²) in [4.78, 5) is 33.9. The summed E-state index contributed by atoms with van der Waals surface area (Å²) in [5, 5.41) is 4.28. The summed E-state index contributed by atoms with van der Waals surface area (Å²) in [6.45, 7) is 5.92. The Bertz CT molecular complexity index is 1430. The summed E-state index contributed by atoms with van der Waals surface area (Å²) in [6, 6.07) is 6.07. The first-order valence-electron chi connectivity index (χ1n) is 11.5. The lowest BCUT2D eigenvalue weighted by atomic mass is 9.92. The lowest BCUT2D eigenvalue weighted by molar-refractivity contribution is -0.119. The minimum Gasteiger partial charge on any atom is -0.493 e. The van der Waals surface area contributed by atoms with Crippen molar-refractivity contribution in [3.63, 3.8) is 0 Å². The first-order chi connectivity index (χ1) is 16.4. The van der Waals surface area contributed by atoms with Gasteiger partial charge in [-0.25, -0.2) is 14.3 Å². The number of aromatic nitrogens is 5. The van der Waals surface area contributed by atoms with Gasteiger partial charge in [0.2, 0.25) is 5.91 Å². The average molecular weight is 464 g/mol. The second-order valence-electron chi connectivity index (χ2n) is 9.23. The normalized spacial score (nSPS) is 17.1. The molecule has 0 saturated carbocycles. The minimum atomic E-state index is -0.349. The average Bonchev–Trinajstić information content (AvgIpc) is 3.40. The fourth-order valence-electron chi connectivity index (χ4n) is 5.08. The van der Waals surface area contributed by atoms with Gasteiger partial charge in [0.15, 0.2) is 11.4 Å². The van der Waals surface area contributed by atoms with Crippen LogP contribution in [0.1, 0.15) is 44.2 Å². The minimum absolute atomic E-state index is 0.0215. The molecule has 34 heavy (non-hydrogen) atoms. The number of nitrogens with zero attached hydrogens (tertiary/aromatic N) is 5. The van der Waals surface area contributed by atoms with Crippen molar-refractivity contribution in [3.05, 3.63) is 46.8 Å². The molecule has 10 nitrogen and oxygen atoms in total. The van der Waals surface area contributed by atoms with Crippen LogP contribution in [0.15, 0.2) is 35.5 Å². The lowest BCUT2D eigenvalue weighted by Crippen LogP contribution is -2.43. The van der Waals surface area contributed by atoms with Gasteiger partial charge in [-0.05, 0) is 54.6 Å². The SMILES string of the molecule is COc1cc(-c2cc3[nH]c(=O)n([C@H]4CCCN(CC(N)=O)C4)c3cc2C(C)C)cn2ncnc12. The highest BCUT2D eigenvalue weighted by Crippen LogP contribution is 2.36. The summed E-state index contributed by atoms with van der Waals surface area (Å²) in [5.74, 6) is 0.499. The molecule has 10 heteroatoms. The molecule has 1 atom stereocenters. The third-order valence-electron chi connectivity index (χ3n) is 6.61. The number of rotatable bonds is 6. The topological polar surface area (TPSA) is 124 Å². The molecule has 1 amide bonds. The molecular formula is C24H29N7O3. The number of benzene rings is 1. The number of fused-ring (bicyclic) bond motifs is 2. The number of nitrogens with two attached hydrogens (primary N) is 1. The number of methoxy groups -OCH3 is 1. The van der Waals surface area contributed by atoms with Crippen LogP contribution in [0.5, 0.6) is 5.75 Å². The number of piperidine rings is 1. The van der Waals surface area contributed by atoms with Crippen LogP contribution in [0.3, 0.4) is 0 Å². The Morgan fingerprint density at radius 2 is 2.15 bits per heavy atom. The highest BCUT2D eigenvalue weighted by Gasteiger charge is 2.26. The van der Waals surface area contributed by atoms with E-state index >= 15 is 0 Å². The molecule has 1 fully saturated rings. The van der Waals surface area contributed by atoms with E-state index < -0.39 is 0 Å². The van der Waals surface area contributed by atoms with Gasteiger partial charge in [-0.2, -0.15) is 5.10 Å². The molecule has 4 heterocycles. The smallest absolute Gasteiger partial charge is 0.326 e. The Hall–Kier alpha value is -3.66. The second-order valence-corrected chi connectivity index (χ2v) is 9.23. The summed E-state index contributed by atoms with van der Waals surface area (Å²) in [6.07, 6.45) is 5.21. The molecule has 0 radical (unpaired) electrons. The maximum Gasteiger partial charge on any atom is 0.326 e. The number of nitrogens with one attached hydrogen (secondary N) is 1. The molecule has 0 spiro atoms. The Morgan fingerprint density at radius 3 is 2.88 bits per heavy atom. The molecule has 5 rings (SSSR count). The predicted octanol–water partition coefficient (Wildman–Crippen LogP) is 2.29. The fraction of sp³-hybridized carbons (Fsp3) is 0.417. The van der Waals surface area contributed by atoms with E-state index in [-0.39, 0.29) is 30.1 Å². The molecule has 178 valence electrons. The number of primary amides is 1. The second kappa shape index (κ2) is 8.60. The summed E-state index contributed by atoms with van der Waals surface area (Å²) >= 11 is 0. The summed E-state index contributed by atoms with van der Waals surface area (Å²) < 4.78 is 9.10. The van der Waals surface area contributed by atoms with E-state index in [4.69, 9.17) is 10.5 Å². The molecule has 4 aromatic rings. The molecule has 0 aliphatic carbocycles. The van der Waals surface area contributed by atoms with Crippen molar-refractivity contribution >= 4 is 22.6 Å². The van der Waals surface area contributed by atoms with Crippen molar-refractivity contribution in [1.29, 1.82) is 0 Å². The monoisotopic (exact) mass is 463 g/mol. The molecule has 1 aromatic carbocycles. The van der Waals surface area contributed by atoms with E-state index in [1.54, 1.807) is 11.6 Å². The molecule has 3 N–H and O–H groups in total. The maximum atomic E-state index is 13.1. The number of amides is 1. The van der Waals surface area contributed by atoms with E-state index in [9.17, 15) is 9.59 Å². The lowest BCUT2D eigenvalue weighted by Gasteiger charge is -2.32. The number of H-pyrrole nitrogens is 1. The number of pyridine rings is 1. The number of hydrogen-bond acceptors (Lipinski definition) is 6. The van der Waals surface area contributed by atoms with Crippen molar-refractivity contribution < 1.29 is 9.53 Å². The maximum absolute atomic E-state index is 13.1. The number of likely N-dealkylation sites (tertiary alicyclic amines) is 1. The van der Waals surface area contributed by atoms with Crippen LogP contribution in [0, 0.1) is 0 Å². The van der Waals surface area contributed by atoms with Crippen LogP contribution >= 0.6 is 0 Å². The number of hydrogen-bond donors (Lipinski definition) is 2. The summed E-state index contributed by atoms with van der Waals surface area (Å²) in [5.41, 5.74) is 10.6. The van der Waals surface area contributed by atoms with Crippen LogP contribution in [0.4, 0.5) is 0 Å². The quantitative estimate of drug-likeness (QED) is 0.452. The van der Waals surface area contributed by atoms with Crippen LogP contribution in [0.2, 0.25) is 0 Å². The van der Waals surface area contributed by atoms with Gasteiger partial charge in [0.25, 0.3) is 0 Å². The molecule has 1 saturated heterocycles. The first-order valence-corrected chi connectivity index (χ1v) is 11.5. The Morgan fingerprint density at radius 1 is 1.32 bits per heavy atom. The largest absolute Gasteiger partial charge is 0.493 e. The number of ether oxygens (including phenoxy) is 1. The van der Waals surface area contributed by atoms with Crippen LogP contribution in [0.25, 0.3) is 27.8 Å². The zero-order valence-corrected chi connectivity index (χ0v) is 19.6. The molecule has 0 bridgehead atoms. The number of aromatic amines is 1. The highest BCUT2D eigenvalue weighted by atomic mass is 16.5. The zero-order chi connectivity index (χ0) is 24.0. The Labute approximate surface area is 196 Å². The van der Waals surface area contributed by atoms with E-state index in [1.807, 2.05) is 27.8 Å². The van der Waals surface area contributed by atoms with Gasteiger partial charge in [-0.1, -0.05) is 13.8 Å². The molecule has 0 unspecified atom stereocenters. The van der Waals surface area contributed by atoms with Gasteiger partial charge in [0.1, 0.15) is 6.33 Å². The molecule has 1 aliphatic rings. The predicted molar refractivity (Wildman–Crippen MR) is 129 cm³/mol. The van der Waals surface area contributed by atoms with E-state index in [1.165, 1.54) is 6.33 Å². The van der Waals surface area contributed by atoms with Gasteiger partial charge >= 0.3 is 5.69 Å². The zero-order valence-electron chi connectivity index (χ0n) is 19.6. The van der Waals surface area contributed by atoms with Crippen molar-refractivity contribution in [2.75, 3.05) is 26.7 Å². The van der Waals surface area contributed by atoms with E-state index in [2.05, 4.69) is 35.0 Å². The van der Waals surface area contributed by atoms with E-state index in [0.717, 1.165) is 47.1 Å². The molecule has 3 aromatic heterocycles. The number of carbonyl (C=O) groups excluding carboxylic acids is 1. The number of carbonyl (C=O) groups is 1. The third-order valence-corrected chi connectivity index (χ3v) is 6.61. The van der Waals surface area contributed by atoms with Crippen LogP contribution < -0.4 is 16.2 Å². The molecule has 1 aliphatic heterocycles. The Balaban J connectivity index is 1.64. The van der Waals surface area contributed by atoms with Gasteiger partial charge in [0, 0.05) is 18.3 Å². The standard InChI is InChI=1S/C24H29N7O3/c1-14(2)17-9-20-19(8-18(17)15-7-21(34-3)23-26-13-27-30(23)10-15)28-24(33)31(20)16-5-4-6-29(11-16)12-22(25)32/h7-10,13-14,16H,4-6,11-12H2,1-3H3,(H2,25,32)(H,28,33)/t16-/m0/s1. The highest BCUT2D eigenvalue weighted by molar-refractivity contribution is 5.85. The van der Waals surface area contributed by atoms with Crippen LogP contribution in [-0.2, 0) is 4.79 Å². The van der Waals surface area contributed by atoms with Crippen molar-refractivity contribution in [2.24, 2.45) is 5.73 Å². The van der Waals surface area contributed by atoms with Gasteiger partial charge in [-0.15, -0.1) is 0 Å². The van der Waals surface area contributed by atoms with E-state index in [0.29, 0.717) is 17.9 Å². The van der Waals surface area contributed by atoms with Gasteiger partial charge in [-0.3, -0.25) is 14.3 Å². The third kappa shape index (κ3) is 3.83. The first kappa shape index (κ1) is 22.1. The number of imidazole rings is 1. The van der Waals surface area contributed by atoms with Gasteiger partial charge in [0.05, 0.1) is 30.7 Å².